The molecule has 0 spiro atoms. The molecule has 0 N–H and O–H groups in total. The molecule has 0 aliphatic heterocycles. The van der Waals surface area contributed by atoms with Crippen molar-refractivity contribution in [3.8, 4) is 0 Å². The first-order valence-corrected chi connectivity index (χ1v) is 8.27. The Labute approximate surface area is 106 Å². The third kappa shape index (κ3) is 1.12. The summed E-state index contributed by atoms with van der Waals surface area (Å²) in [4.78, 5) is 0. The summed E-state index contributed by atoms with van der Waals surface area (Å²) in [5, 5.41) is 0. The molecule has 6 aliphatic rings. The van der Waals surface area contributed by atoms with Crippen LogP contribution < -0.4 is 0 Å². The minimum absolute atomic E-state index is 0.868. The summed E-state index contributed by atoms with van der Waals surface area (Å²) in [6, 6.07) is 0. The molecule has 6 rings (SSSR count). The van der Waals surface area contributed by atoms with Gasteiger partial charge in [0.1, 0.15) is 0 Å². The summed E-state index contributed by atoms with van der Waals surface area (Å²) < 4.78 is 0. The molecule has 6 aliphatic carbocycles. The summed E-state index contributed by atoms with van der Waals surface area (Å²) in [6.45, 7) is 0. The Morgan fingerprint density at radius 1 is 0.529 bits per heavy atom. The van der Waals surface area contributed by atoms with Gasteiger partial charge >= 0.3 is 0 Å². The van der Waals surface area contributed by atoms with E-state index in [9.17, 15) is 0 Å². The van der Waals surface area contributed by atoms with Crippen molar-refractivity contribution in [3.05, 3.63) is 0 Å². The molecule has 0 nitrogen and oxygen atoms in total. The van der Waals surface area contributed by atoms with E-state index >= 15 is 0 Å². The maximum Gasteiger partial charge on any atom is -0.0233 e. The summed E-state index contributed by atoms with van der Waals surface area (Å²) in [7, 11) is 0. The number of hydrogen-bond donors (Lipinski definition) is 0. The average Bonchev–Trinajstić information content (AvgIpc) is 2.88. The zero-order valence-electron chi connectivity index (χ0n) is 11.1. The van der Waals surface area contributed by atoms with Crippen molar-refractivity contribution in [2.75, 3.05) is 0 Å². The fourth-order valence-electron chi connectivity index (χ4n) is 7.70. The van der Waals surface area contributed by atoms with Gasteiger partial charge in [0.25, 0.3) is 0 Å². The van der Waals surface area contributed by atoms with Crippen LogP contribution in [0.4, 0.5) is 0 Å². The Balaban J connectivity index is 1.57. The number of rotatable bonds is 1. The van der Waals surface area contributed by atoms with E-state index in [1.54, 1.807) is 70.6 Å². The summed E-state index contributed by atoms with van der Waals surface area (Å²) in [5.41, 5.74) is 1.74. The van der Waals surface area contributed by atoms with Gasteiger partial charge in [-0.1, -0.05) is 0 Å². The van der Waals surface area contributed by atoms with Crippen molar-refractivity contribution in [2.45, 2.75) is 70.6 Å². The van der Waals surface area contributed by atoms with Gasteiger partial charge in [0.15, 0.2) is 0 Å². The predicted molar refractivity (Wildman–Crippen MR) is 69.6 cm³/mol. The van der Waals surface area contributed by atoms with Crippen molar-refractivity contribution in [1.82, 2.24) is 0 Å². The Kier molecular flexibility index (Phi) is 1.71. The second-order valence-corrected chi connectivity index (χ2v) is 8.63. The van der Waals surface area contributed by atoms with Gasteiger partial charge in [0.2, 0.25) is 0 Å². The van der Waals surface area contributed by atoms with E-state index in [0.717, 1.165) is 34.5 Å². The van der Waals surface area contributed by atoms with Gasteiger partial charge in [-0.05, 0) is 105 Å². The third-order valence-corrected chi connectivity index (χ3v) is 7.90. The first kappa shape index (κ1) is 9.87. The Hall–Kier alpha value is 0. The molecule has 0 heteroatoms. The van der Waals surface area contributed by atoms with Crippen molar-refractivity contribution in [1.29, 1.82) is 0 Å². The molecule has 0 heterocycles. The second-order valence-electron chi connectivity index (χ2n) is 8.63. The van der Waals surface area contributed by atoms with Gasteiger partial charge in [-0.3, -0.25) is 0 Å². The second kappa shape index (κ2) is 2.94. The quantitative estimate of drug-likeness (QED) is 0.608. The van der Waals surface area contributed by atoms with E-state index in [1.807, 2.05) is 0 Å². The molecule has 0 radical (unpaired) electrons. The van der Waals surface area contributed by atoms with Crippen molar-refractivity contribution in [2.24, 2.45) is 34.5 Å². The molecule has 0 atom stereocenters. The SMILES string of the molecule is C1CC2(C34CC5CC(CC(C5)C3)C4)CCC1C2. The van der Waals surface area contributed by atoms with Crippen LogP contribution in [0.1, 0.15) is 70.6 Å². The maximum absolute atomic E-state index is 1.66. The Morgan fingerprint density at radius 2 is 1.00 bits per heavy atom. The predicted octanol–water partition coefficient (Wildman–Crippen LogP) is 4.78. The monoisotopic (exact) mass is 230 g/mol. The first-order chi connectivity index (χ1) is 8.27. The smallest absolute Gasteiger partial charge is 0.0233 e. The van der Waals surface area contributed by atoms with Gasteiger partial charge in [0.05, 0.1) is 0 Å². The molecule has 6 saturated carbocycles. The standard InChI is InChI=1S/C17H26/c1-3-16(4-2-12(1)8-16)17-9-13-5-14(10-17)7-15(6-13)11-17/h12-15H,1-11H2. The molecule has 0 amide bonds. The highest BCUT2D eigenvalue weighted by Crippen LogP contribution is 2.73. The summed E-state index contributed by atoms with van der Waals surface area (Å²) in [5.74, 6) is 4.64. The van der Waals surface area contributed by atoms with Crippen LogP contribution in [-0.4, -0.2) is 0 Å². The molecule has 6 bridgehead atoms. The topological polar surface area (TPSA) is 0 Å². The van der Waals surface area contributed by atoms with E-state index in [4.69, 9.17) is 0 Å². The fraction of sp³-hybridized carbons (Fsp3) is 1.00. The molecule has 0 aromatic heterocycles. The van der Waals surface area contributed by atoms with Crippen LogP contribution in [0.5, 0.6) is 0 Å². The lowest BCUT2D eigenvalue weighted by atomic mass is 9.42. The highest BCUT2D eigenvalue weighted by atomic mass is 14.7. The summed E-state index contributed by atoms with van der Waals surface area (Å²) in [6.07, 6.45) is 18.0. The van der Waals surface area contributed by atoms with E-state index in [2.05, 4.69) is 0 Å². The number of fused-ring (bicyclic) bond motifs is 2. The normalized spacial score (nSPS) is 63.5. The summed E-state index contributed by atoms with van der Waals surface area (Å²) >= 11 is 0. The van der Waals surface area contributed by atoms with Crippen LogP contribution >= 0.6 is 0 Å². The van der Waals surface area contributed by atoms with Gasteiger partial charge in [-0.25, -0.2) is 0 Å². The highest BCUT2D eigenvalue weighted by molar-refractivity contribution is 5.13. The van der Waals surface area contributed by atoms with Crippen LogP contribution in [0.2, 0.25) is 0 Å². The minimum atomic E-state index is 0.868. The van der Waals surface area contributed by atoms with E-state index < -0.39 is 0 Å². The fourth-order valence-corrected chi connectivity index (χ4v) is 7.70. The Morgan fingerprint density at radius 3 is 1.41 bits per heavy atom. The molecule has 0 aromatic rings. The molecule has 0 saturated heterocycles. The maximum atomic E-state index is 1.66. The van der Waals surface area contributed by atoms with E-state index in [1.165, 1.54) is 0 Å². The lowest BCUT2D eigenvalue weighted by molar-refractivity contribution is -0.129. The molecule has 94 valence electrons. The van der Waals surface area contributed by atoms with Crippen LogP contribution in [0.3, 0.4) is 0 Å². The zero-order valence-corrected chi connectivity index (χ0v) is 11.1. The Bertz CT molecular complexity index is 310. The highest BCUT2D eigenvalue weighted by Gasteiger charge is 2.63. The van der Waals surface area contributed by atoms with Gasteiger partial charge in [-0.15, -0.1) is 0 Å². The molecular formula is C17H26. The third-order valence-electron chi connectivity index (χ3n) is 7.90. The molecule has 0 aromatic carbocycles. The lowest BCUT2D eigenvalue weighted by Crippen LogP contribution is -2.53. The molecule has 17 heavy (non-hydrogen) atoms. The van der Waals surface area contributed by atoms with Crippen LogP contribution in [0.15, 0.2) is 0 Å². The lowest BCUT2D eigenvalue weighted by Gasteiger charge is -2.63. The largest absolute Gasteiger partial charge is 0.0499 e. The average molecular weight is 230 g/mol. The van der Waals surface area contributed by atoms with Crippen LogP contribution in [0.25, 0.3) is 0 Å². The van der Waals surface area contributed by atoms with Gasteiger partial charge < -0.3 is 0 Å². The molecular weight excluding hydrogens is 204 g/mol. The molecule has 0 unspecified atom stereocenters. The minimum Gasteiger partial charge on any atom is -0.0499 e. The van der Waals surface area contributed by atoms with E-state index in [0.29, 0.717) is 0 Å². The number of hydrogen-bond acceptors (Lipinski definition) is 0. The zero-order chi connectivity index (χ0) is 11.1. The first-order valence-electron chi connectivity index (χ1n) is 8.27. The molecule has 6 fully saturated rings. The van der Waals surface area contributed by atoms with Crippen LogP contribution in [-0.2, 0) is 0 Å². The van der Waals surface area contributed by atoms with E-state index in [-0.39, 0.29) is 0 Å². The van der Waals surface area contributed by atoms with Gasteiger partial charge in [-0.2, -0.15) is 0 Å². The van der Waals surface area contributed by atoms with Crippen molar-refractivity contribution < 1.29 is 0 Å². The van der Waals surface area contributed by atoms with Gasteiger partial charge in [0, 0.05) is 0 Å². The van der Waals surface area contributed by atoms with Crippen molar-refractivity contribution >= 4 is 0 Å². The van der Waals surface area contributed by atoms with Crippen molar-refractivity contribution in [3.63, 3.8) is 0 Å². The van der Waals surface area contributed by atoms with Crippen LogP contribution in [0, 0.1) is 34.5 Å².